The van der Waals surface area contributed by atoms with E-state index in [1.807, 2.05) is 30.3 Å². The summed E-state index contributed by atoms with van der Waals surface area (Å²) in [6.45, 7) is 2.08. The summed E-state index contributed by atoms with van der Waals surface area (Å²) < 4.78 is 6.47. The van der Waals surface area contributed by atoms with E-state index in [4.69, 9.17) is 4.42 Å². The summed E-state index contributed by atoms with van der Waals surface area (Å²) in [4.78, 5) is 10.7. The first-order valence-corrected chi connectivity index (χ1v) is 6.72. The second kappa shape index (κ2) is 4.67. The van der Waals surface area contributed by atoms with Crippen LogP contribution in [-0.2, 0) is 0 Å². The van der Waals surface area contributed by atoms with Crippen LogP contribution in [0.25, 0.3) is 22.1 Å². The fourth-order valence-corrected chi connectivity index (χ4v) is 2.58. The van der Waals surface area contributed by atoms with Gasteiger partial charge in [-0.2, -0.15) is 0 Å². The Morgan fingerprint density at radius 2 is 2.00 bits per heavy atom. The fourth-order valence-electron chi connectivity index (χ4n) is 2.21. The maximum atomic E-state index is 10.7. The smallest absolute Gasteiger partial charge is 0.185 e. The lowest BCUT2D eigenvalue weighted by Gasteiger charge is -2.07. The first-order chi connectivity index (χ1) is 9.19. The van der Waals surface area contributed by atoms with Crippen LogP contribution in [0.4, 0.5) is 0 Å². The number of carbonyl (C=O) groups is 1. The molecule has 0 fully saturated rings. The highest BCUT2D eigenvalue weighted by Crippen LogP contribution is 2.31. The number of fused-ring (bicyclic) bond motifs is 1. The molecule has 3 heteroatoms. The molecule has 3 rings (SSSR count). The number of benzene rings is 2. The molecule has 0 aliphatic carbocycles. The summed E-state index contributed by atoms with van der Waals surface area (Å²) >= 11 is 3.54. The van der Waals surface area contributed by atoms with Crippen molar-refractivity contribution in [3.63, 3.8) is 0 Å². The quantitative estimate of drug-likeness (QED) is 0.624. The minimum atomic E-state index is 0.359. The lowest BCUT2D eigenvalue weighted by molar-refractivity contribution is 0.110. The Kier molecular flexibility index (Phi) is 2.99. The van der Waals surface area contributed by atoms with Crippen LogP contribution in [0.2, 0.25) is 0 Å². The summed E-state index contributed by atoms with van der Waals surface area (Å²) in [5, 5.41) is 0.943. The average Bonchev–Trinajstić information content (AvgIpc) is 2.84. The zero-order valence-electron chi connectivity index (χ0n) is 10.3. The van der Waals surface area contributed by atoms with Crippen molar-refractivity contribution < 1.29 is 9.21 Å². The van der Waals surface area contributed by atoms with E-state index in [9.17, 15) is 4.79 Å². The lowest BCUT2D eigenvalue weighted by atomic mass is 10.00. The minimum absolute atomic E-state index is 0.359. The van der Waals surface area contributed by atoms with E-state index in [0.717, 1.165) is 27.3 Å². The molecule has 94 valence electrons. The molecule has 0 spiro atoms. The largest absolute Gasteiger partial charge is 0.453 e. The van der Waals surface area contributed by atoms with E-state index in [1.54, 1.807) is 6.07 Å². The Balaban J connectivity index is 2.19. The van der Waals surface area contributed by atoms with Crippen molar-refractivity contribution in [1.82, 2.24) is 0 Å². The molecular formula is C16H11BrO2. The van der Waals surface area contributed by atoms with E-state index in [1.165, 1.54) is 11.1 Å². The Morgan fingerprint density at radius 3 is 2.79 bits per heavy atom. The molecule has 2 aromatic carbocycles. The van der Waals surface area contributed by atoms with Crippen molar-refractivity contribution in [3.8, 4) is 11.1 Å². The molecule has 0 bridgehead atoms. The maximum Gasteiger partial charge on any atom is 0.185 e. The molecule has 2 nitrogen and oxygen atoms in total. The van der Waals surface area contributed by atoms with Crippen molar-refractivity contribution >= 4 is 33.2 Å². The normalized spacial score (nSPS) is 10.8. The van der Waals surface area contributed by atoms with Crippen LogP contribution in [0.1, 0.15) is 16.1 Å². The molecule has 0 radical (unpaired) electrons. The van der Waals surface area contributed by atoms with Crippen LogP contribution < -0.4 is 0 Å². The van der Waals surface area contributed by atoms with Gasteiger partial charge in [0.25, 0.3) is 0 Å². The van der Waals surface area contributed by atoms with E-state index >= 15 is 0 Å². The molecule has 0 aliphatic rings. The van der Waals surface area contributed by atoms with E-state index in [0.29, 0.717) is 5.76 Å². The third-order valence-electron chi connectivity index (χ3n) is 3.23. The first kappa shape index (κ1) is 12.2. The van der Waals surface area contributed by atoms with Gasteiger partial charge in [0.2, 0.25) is 0 Å². The number of furan rings is 1. The number of hydrogen-bond donors (Lipinski definition) is 0. The van der Waals surface area contributed by atoms with Crippen LogP contribution >= 0.6 is 15.9 Å². The molecule has 1 heterocycles. The van der Waals surface area contributed by atoms with Gasteiger partial charge in [-0.15, -0.1) is 0 Å². The predicted octanol–water partition coefficient (Wildman–Crippen LogP) is 4.98. The summed E-state index contributed by atoms with van der Waals surface area (Å²) in [7, 11) is 0. The summed E-state index contributed by atoms with van der Waals surface area (Å²) in [5.74, 6) is 0.359. The zero-order chi connectivity index (χ0) is 13.4. The van der Waals surface area contributed by atoms with Crippen molar-refractivity contribution in [2.75, 3.05) is 0 Å². The number of aldehydes is 1. The van der Waals surface area contributed by atoms with Crippen LogP contribution in [0.3, 0.4) is 0 Å². The van der Waals surface area contributed by atoms with Gasteiger partial charge in [-0.25, -0.2) is 0 Å². The fraction of sp³-hybridized carbons (Fsp3) is 0.0625. The SMILES string of the molecule is Cc1c(Br)cccc1-c1ccc2oc(C=O)cc2c1. The molecule has 0 atom stereocenters. The second-order valence-corrected chi connectivity index (χ2v) is 5.29. The van der Waals surface area contributed by atoms with Gasteiger partial charge in [0.1, 0.15) is 5.58 Å². The summed E-state index contributed by atoms with van der Waals surface area (Å²) in [5.41, 5.74) is 4.22. The summed E-state index contributed by atoms with van der Waals surface area (Å²) in [6.07, 6.45) is 0.726. The van der Waals surface area contributed by atoms with Gasteiger partial charge in [0, 0.05) is 9.86 Å². The number of carbonyl (C=O) groups excluding carboxylic acids is 1. The van der Waals surface area contributed by atoms with Crippen molar-refractivity contribution in [1.29, 1.82) is 0 Å². The monoisotopic (exact) mass is 314 g/mol. The van der Waals surface area contributed by atoms with E-state index in [2.05, 4.69) is 28.9 Å². The minimum Gasteiger partial charge on any atom is -0.453 e. The molecule has 0 saturated heterocycles. The second-order valence-electron chi connectivity index (χ2n) is 4.43. The lowest BCUT2D eigenvalue weighted by Crippen LogP contribution is -1.84. The number of halogens is 1. The van der Waals surface area contributed by atoms with Gasteiger partial charge < -0.3 is 4.42 Å². The maximum absolute atomic E-state index is 10.7. The van der Waals surface area contributed by atoms with Gasteiger partial charge in [0.15, 0.2) is 12.0 Å². The summed E-state index contributed by atoms with van der Waals surface area (Å²) in [6, 6.07) is 13.8. The van der Waals surface area contributed by atoms with Crippen molar-refractivity contribution in [2.45, 2.75) is 6.92 Å². The molecule has 0 amide bonds. The zero-order valence-corrected chi connectivity index (χ0v) is 11.9. The molecule has 0 unspecified atom stereocenters. The van der Waals surface area contributed by atoms with E-state index in [-0.39, 0.29) is 0 Å². The highest BCUT2D eigenvalue weighted by Gasteiger charge is 2.08. The molecule has 1 aromatic heterocycles. The third kappa shape index (κ3) is 2.10. The Morgan fingerprint density at radius 1 is 1.16 bits per heavy atom. The van der Waals surface area contributed by atoms with Crippen LogP contribution in [0, 0.1) is 6.92 Å². The van der Waals surface area contributed by atoms with Gasteiger partial charge in [-0.05, 0) is 47.9 Å². The highest BCUT2D eigenvalue weighted by molar-refractivity contribution is 9.10. The van der Waals surface area contributed by atoms with Gasteiger partial charge in [-0.1, -0.05) is 34.1 Å². The number of rotatable bonds is 2. The van der Waals surface area contributed by atoms with Gasteiger partial charge in [-0.3, -0.25) is 4.79 Å². The molecule has 19 heavy (non-hydrogen) atoms. The van der Waals surface area contributed by atoms with Crippen LogP contribution in [0.5, 0.6) is 0 Å². The Hall–Kier alpha value is -1.87. The highest BCUT2D eigenvalue weighted by atomic mass is 79.9. The van der Waals surface area contributed by atoms with Crippen LogP contribution in [0.15, 0.2) is 51.4 Å². The Labute approximate surface area is 119 Å². The van der Waals surface area contributed by atoms with Gasteiger partial charge in [0.05, 0.1) is 0 Å². The molecule has 0 saturated carbocycles. The topological polar surface area (TPSA) is 30.2 Å². The third-order valence-corrected chi connectivity index (χ3v) is 4.09. The standard InChI is InChI=1S/C16H11BrO2/c1-10-14(3-2-4-15(10)17)11-5-6-16-12(7-11)8-13(9-18)19-16/h2-9H,1H3. The number of hydrogen-bond acceptors (Lipinski definition) is 2. The predicted molar refractivity (Wildman–Crippen MR) is 79.5 cm³/mol. The molecule has 0 aliphatic heterocycles. The van der Waals surface area contributed by atoms with Crippen molar-refractivity contribution in [2.24, 2.45) is 0 Å². The van der Waals surface area contributed by atoms with Gasteiger partial charge >= 0.3 is 0 Å². The average molecular weight is 315 g/mol. The van der Waals surface area contributed by atoms with Crippen molar-refractivity contribution in [3.05, 3.63) is 58.3 Å². The molecular weight excluding hydrogens is 304 g/mol. The Bertz CT molecular complexity index is 772. The first-order valence-electron chi connectivity index (χ1n) is 5.93. The van der Waals surface area contributed by atoms with E-state index < -0.39 is 0 Å². The molecule has 3 aromatic rings. The van der Waals surface area contributed by atoms with Crippen LogP contribution in [-0.4, -0.2) is 6.29 Å². The molecule has 0 N–H and O–H groups in total.